The van der Waals surface area contributed by atoms with Crippen LogP contribution in [0.1, 0.15) is 45.3 Å². The normalized spacial score (nSPS) is 22.9. The molecule has 1 aromatic heterocycles. The Morgan fingerprint density at radius 1 is 1.53 bits per heavy atom. The zero-order chi connectivity index (χ0) is 12.5. The van der Waals surface area contributed by atoms with Crippen molar-refractivity contribution in [2.24, 2.45) is 5.73 Å². The summed E-state index contributed by atoms with van der Waals surface area (Å²) in [6.45, 7) is 9.23. The predicted octanol–water partition coefficient (Wildman–Crippen LogP) is 1.90. The molecule has 0 spiro atoms. The van der Waals surface area contributed by atoms with Crippen LogP contribution in [0.3, 0.4) is 0 Å². The Morgan fingerprint density at radius 2 is 2.29 bits per heavy atom. The van der Waals surface area contributed by atoms with Gasteiger partial charge in [-0.3, -0.25) is 4.90 Å². The molecule has 0 amide bonds. The highest BCUT2D eigenvalue weighted by molar-refractivity contribution is 5.06. The molecular weight excluding hydrogens is 214 g/mol. The maximum absolute atomic E-state index is 5.96. The molecule has 4 nitrogen and oxygen atoms in total. The summed E-state index contributed by atoms with van der Waals surface area (Å²) in [4.78, 5) is 6.68. The quantitative estimate of drug-likeness (QED) is 0.853. The van der Waals surface area contributed by atoms with Crippen molar-refractivity contribution in [2.45, 2.75) is 51.6 Å². The highest BCUT2D eigenvalue weighted by atomic mass is 16.4. The summed E-state index contributed by atoms with van der Waals surface area (Å²) >= 11 is 0. The van der Waals surface area contributed by atoms with Crippen molar-refractivity contribution in [2.75, 3.05) is 13.1 Å². The van der Waals surface area contributed by atoms with E-state index in [0.717, 1.165) is 37.7 Å². The second kappa shape index (κ2) is 4.78. The van der Waals surface area contributed by atoms with Gasteiger partial charge in [0.2, 0.25) is 5.89 Å². The fourth-order valence-corrected chi connectivity index (χ4v) is 2.16. The van der Waals surface area contributed by atoms with E-state index in [1.54, 1.807) is 0 Å². The molecular formula is C13H23N3O. The van der Waals surface area contributed by atoms with Crippen LogP contribution in [0.15, 0.2) is 10.6 Å². The Balaban J connectivity index is 1.97. The van der Waals surface area contributed by atoms with Crippen LogP contribution >= 0.6 is 0 Å². The number of hydrogen-bond donors (Lipinski definition) is 1. The van der Waals surface area contributed by atoms with Gasteiger partial charge in [0.1, 0.15) is 5.76 Å². The van der Waals surface area contributed by atoms with Gasteiger partial charge < -0.3 is 10.2 Å². The molecule has 4 heteroatoms. The number of nitrogens with two attached hydrogens (primary N) is 1. The molecule has 2 rings (SSSR count). The number of nitrogens with zero attached hydrogens (tertiary/aromatic N) is 2. The minimum atomic E-state index is 0.0313. The highest BCUT2D eigenvalue weighted by Crippen LogP contribution is 2.23. The van der Waals surface area contributed by atoms with Crippen molar-refractivity contribution < 1.29 is 4.42 Å². The summed E-state index contributed by atoms with van der Waals surface area (Å²) in [5, 5.41) is 0. The van der Waals surface area contributed by atoms with Gasteiger partial charge in [0.15, 0.2) is 0 Å². The number of rotatable bonds is 2. The minimum absolute atomic E-state index is 0.0313. The lowest BCUT2D eigenvalue weighted by molar-refractivity contribution is 0.182. The van der Waals surface area contributed by atoms with Crippen molar-refractivity contribution in [3.8, 4) is 0 Å². The molecule has 0 aromatic carbocycles. The van der Waals surface area contributed by atoms with Crippen molar-refractivity contribution in [1.82, 2.24) is 9.88 Å². The first-order chi connectivity index (χ1) is 7.95. The molecule has 0 unspecified atom stereocenters. The van der Waals surface area contributed by atoms with Crippen LogP contribution in [0.2, 0.25) is 0 Å². The lowest BCUT2D eigenvalue weighted by atomic mass is 9.94. The van der Waals surface area contributed by atoms with E-state index < -0.39 is 0 Å². The van der Waals surface area contributed by atoms with Crippen LogP contribution in [-0.4, -0.2) is 29.0 Å². The lowest BCUT2D eigenvalue weighted by Gasteiger charge is -2.29. The smallest absolute Gasteiger partial charge is 0.208 e. The zero-order valence-electron chi connectivity index (χ0n) is 11.1. The Labute approximate surface area is 103 Å². The van der Waals surface area contributed by atoms with Gasteiger partial charge in [0, 0.05) is 18.0 Å². The average Bonchev–Trinajstić information content (AvgIpc) is 2.65. The summed E-state index contributed by atoms with van der Waals surface area (Å²) in [5.74, 6) is 1.76. The van der Waals surface area contributed by atoms with E-state index in [4.69, 9.17) is 10.2 Å². The molecule has 96 valence electrons. The summed E-state index contributed by atoms with van der Waals surface area (Å²) in [6.07, 6.45) is 4.16. The molecule has 1 atom stereocenters. The van der Waals surface area contributed by atoms with E-state index in [0.29, 0.717) is 6.04 Å². The first kappa shape index (κ1) is 12.6. The second-order valence-corrected chi connectivity index (χ2v) is 6.01. The van der Waals surface area contributed by atoms with Gasteiger partial charge in [-0.2, -0.15) is 0 Å². The number of piperidine rings is 1. The fraction of sp³-hybridized carbons (Fsp3) is 0.769. The maximum Gasteiger partial charge on any atom is 0.208 e. The molecule has 17 heavy (non-hydrogen) atoms. The third-order valence-corrected chi connectivity index (χ3v) is 3.19. The maximum atomic E-state index is 5.96. The SMILES string of the molecule is CC(C)(C)c1cnc(CN2CCC[C@@H](N)C2)o1. The Bertz CT molecular complexity index is 367. The van der Waals surface area contributed by atoms with Gasteiger partial charge in [0.25, 0.3) is 0 Å². The molecule has 1 aromatic rings. The van der Waals surface area contributed by atoms with Gasteiger partial charge in [-0.1, -0.05) is 20.8 Å². The van der Waals surface area contributed by atoms with E-state index in [-0.39, 0.29) is 5.41 Å². The van der Waals surface area contributed by atoms with Gasteiger partial charge in [0.05, 0.1) is 12.7 Å². The van der Waals surface area contributed by atoms with Crippen molar-refractivity contribution in [1.29, 1.82) is 0 Å². The van der Waals surface area contributed by atoms with Gasteiger partial charge >= 0.3 is 0 Å². The first-order valence-corrected chi connectivity index (χ1v) is 6.38. The molecule has 1 aliphatic rings. The number of oxazole rings is 1. The lowest BCUT2D eigenvalue weighted by Crippen LogP contribution is -2.42. The van der Waals surface area contributed by atoms with Crippen LogP contribution in [-0.2, 0) is 12.0 Å². The summed E-state index contributed by atoms with van der Waals surface area (Å²) in [6, 6.07) is 0.306. The molecule has 0 saturated carbocycles. The van der Waals surface area contributed by atoms with Crippen LogP contribution in [0.5, 0.6) is 0 Å². The van der Waals surface area contributed by atoms with Crippen LogP contribution in [0, 0.1) is 0 Å². The molecule has 2 heterocycles. The summed E-state index contributed by atoms with van der Waals surface area (Å²) in [7, 11) is 0. The van der Waals surface area contributed by atoms with Gasteiger partial charge in [-0.05, 0) is 19.4 Å². The van der Waals surface area contributed by atoms with E-state index in [2.05, 4.69) is 30.7 Å². The van der Waals surface area contributed by atoms with E-state index in [9.17, 15) is 0 Å². The van der Waals surface area contributed by atoms with Gasteiger partial charge in [-0.25, -0.2) is 4.98 Å². The molecule has 0 aliphatic carbocycles. The van der Waals surface area contributed by atoms with Crippen LogP contribution in [0.25, 0.3) is 0 Å². The monoisotopic (exact) mass is 237 g/mol. The van der Waals surface area contributed by atoms with Crippen molar-refractivity contribution >= 4 is 0 Å². The van der Waals surface area contributed by atoms with Gasteiger partial charge in [-0.15, -0.1) is 0 Å². The largest absolute Gasteiger partial charge is 0.444 e. The van der Waals surface area contributed by atoms with Crippen molar-refractivity contribution in [3.05, 3.63) is 17.8 Å². The van der Waals surface area contributed by atoms with E-state index >= 15 is 0 Å². The van der Waals surface area contributed by atoms with Crippen LogP contribution < -0.4 is 5.73 Å². The third-order valence-electron chi connectivity index (χ3n) is 3.19. The first-order valence-electron chi connectivity index (χ1n) is 6.38. The number of hydrogen-bond acceptors (Lipinski definition) is 4. The highest BCUT2D eigenvalue weighted by Gasteiger charge is 2.22. The van der Waals surface area contributed by atoms with E-state index in [1.807, 2.05) is 6.20 Å². The molecule has 0 radical (unpaired) electrons. The Kier molecular flexibility index (Phi) is 3.54. The van der Waals surface area contributed by atoms with E-state index in [1.165, 1.54) is 6.42 Å². The third kappa shape index (κ3) is 3.30. The van der Waals surface area contributed by atoms with Crippen molar-refractivity contribution in [3.63, 3.8) is 0 Å². The molecule has 1 fully saturated rings. The fourth-order valence-electron chi connectivity index (χ4n) is 2.16. The summed E-state index contributed by atoms with van der Waals surface area (Å²) < 4.78 is 5.79. The summed E-state index contributed by atoms with van der Waals surface area (Å²) in [5.41, 5.74) is 5.99. The molecule has 0 bridgehead atoms. The number of likely N-dealkylation sites (tertiary alicyclic amines) is 1. The zero-order valence-corrected chi connectivity index (χ0v) is 11.1. The number of aromatic nitrogens is 1. The van der Waals surface area contributed by atoms with Crippen LogP contribution in [0.4, 0.5) is 0 Å². The molecule has 1 saturated heterocycles. The predicted molar refractivity (Wildman–Crippen MR) is 67.7 cm³/mol. The standard InChI is InChI=1S/C13H23N3O/c1-13(2,3)11-7-15-12(17-11)9-16-6-4-5-10(14)8-16/h7,10H,4-6,8-9,14H2,1-3H3/t10-/m1/s1. The Morgan fingerprint density at radius 3 is 2.88 bits per heavy atom. The second-order valence-electron chi connectivity index (χ2n) is 6.01. The average molecular weight is 237 g/mol. The molecule has 1 aliphatic heterocycles. The minimum Gasteiger partial charge on any atom is -0.444 e. The Hall–Kier alpha value is -0.870. The topological polar surface area (TPSA) is 55.3 Å². The molecule has 2 N–H and O–H groups in total.